The van der Waals surface area contributed by atoms with Crippen molar-refractivity contribution in [2.75, 3.05) is 0 Å². The quantitative estimate of drug-likeness (QED) is 0.640. The molecule has 1 fully saturated rings. The van der Waals surface area contributed by atoms with E-state index in [1.165, 1.54) is 6.42 Å². The predicted molar refractivity (Wildman–Crippen MR) is 42.6 cm³/mol. The van der Waals surface area contributed by atoms with Crippen LogP contribution in [0.25, 0.3) is 0 Å². The highest BCUT2D eigenvalue weighted by molar-refractivity contribution is 6.16. The second-order valence-electron chi connectivity index (χ2n) is 3.12. The molecular formula is C8H10ClNO. The van der Waals surface area contributed by atoms with Crippen LogP contribution >= 0.6 is 11.6 Å². The second kappa shape index (κ2) is 2.52. The monoisotopic (exact) mass is 171 g/mol. The summed E-state index contributed by atoms with van der Waals surface area (Å²) in [7, 11) is 0. The fraction of sp³-hybridized carbons (Fsp3) is 0.625. The highest BCUT2D eigenvalue weighted by Crippen LogP contribution is 2.46. The third-order valence-electron chi connectivity index (χ3n) is 2.13. The van der Waals surface area contributed by atoms with Crippen molar-refractivity contribution in [2.24, 2.45) is 5.92 Å². The molecule has 0 radical (unpaired) electrons. The molecule has 2 nitrogen and oxygen atoms in total. The van der Waals surface area contributed by atoms with Gasteiger partial charge >= 0.3 is 0 Å². The average Bonchev–Trinajstić information content (AvgIpc) is 2.59. The van der Waals surface area contributed by atoms with Crippen molar-refractivity contribution in [1.82, 2.24) is 4.98 Å². The average molecular weight is 172 g/mol. The Morgan fingerprint density at radius 1 is 1.82 bits per heavy atom. The van der Waals surface area contributed by atoms with Crippen molar-refractivity contribution in [2.45, 2.75) is 25.1 Å². The van der Waals surface area contributed by atoms with E-state index >= 15 is 0 Å². The Kier molecular flexibility index (Phi) is 1.64. The van der Waals surface area contributed by atoms with Crippen LogP contribution in [0, 0.1) is 5.92 Å². The van der Waals surface area contributed by atoms with Gasteiger partial charge in [0.1, 0.15) is 5.76 Å². The fourth-order valence-corrected chi connectivity index (χ4v) is 1.35. The lowest BCUT2D eigenvalue weighted by atomic mass is 10.3. The molecule has 0 unspecified atom stereocenters. The van der Waals surface area contributed by atoms with Gasteiger partial charge in [-0.15, -0.1) is 11.6 Å². The van der Waals surface area contributed by atoms with E-state index in [4.69, 9.17) is 16.0 Å². The van der Waals surface area contributed by atoms with Gasteiger partial charge < -0.3 is 4.42 Å². The minimum atomic E-state index is 0.425. The highest BCUT2D eigenvalue weighted by Gasteiger charge is 2.37. The first-order chi connectivity index (χ1) is 5.31. The van der Waals surface area contributed by atoms with E-state index in [1.807, 2.05) is 0 Å². The molecule has 0 aromatic carbocycles. The summed E-state index contributed by atoms with van der Waals surface area (Å²) in [6.45, 7) is 2.20. The number of hydrogen-bond acceptors (Lipinski definition) is 2. The van der Waals surface area contributed by atoms with E-state index < -0.39 is 0 Å². The zero-order chi connectivity index (χ0) is 7.84. The molecule has 0 aliphatic heterocycles. The van der Waals surface area contributed by atoms with Crippen molar-refractivity contribution in [1.29, 1.82) is 0 Å². The summed E-state index contributed by atoms with van der Waals surface area (Å²) in [5.74, 6) is 3.38. The SMILES string of the molecule is C[C@H]1C[C@@H]1c1ncc(CCl)o1. The van der Waals surface area contributed by atoms with Crippen LogP contribution in [0.1, 0.15) is 30.9 Å². The summed E-state index contributed by atoms with van der Waals surface area (Å²) in [4.78, 5) is 4.15. The molecule has 1 aromatic heterocycles. The topological polar surface area (TPSA) is 26.0 Å². The normalized spacial score (nSPS) is 28.9. The molecule has 1 heterocycles. The summed E-state index contributed by atoms with van der Waals surface area (Å²) in [6, 6.07) is 0. The molecular weight excluding hydrogens is 162 g/mol. The van der Waals surface area contributed by atoms with Crippen LogP contribution in [0.3, 0.4) is 0 Å². The molecule has 0 N–H and O–H groups in total. The third kappa shape index (κ3) is 1.27. The van der Waals surface area contributed by atoms with Gasteiger partial charge in [0.15, 0.2) is 5.89 Å². The number of nitrogens with zero attached hydrogens (tertiary/aromatic N) is 1. The number of rotatable bonds is 2. The van der Waals surface area contributed by atoms with Crippen LogP contribution < -0.4 is 0 Å². The van der Waals surface area contributed by atoms with Crippen molar-refractivity contribution in [3.63, 3.8) is 0 Å². The van der Waals surface area contributed by atoms with Crippen molar-refractivity contribution >= 4 is 11.6 Å². The number of halogens is 1. The molecule has 1 aromatic rings. The molecule has 3 heteroatoms. The number of aromatic nitrogens is 1. The summed E-state index contributed by atoms with van der Waals surface area (Å²) in [5, 5.41) is 0. The lowest BCUT2D eigenvalue weighted by Gasteiger charge is -1.87. The minimum Gasteiger partial charge on any atom is -0.444 e. The molecule has 2 rings (SSSR count). The maximum absolute atomic E-state index is 5.57. The molecule has 0 bridgehead atoms. The van der Waals surface area contributed by atoms with Crippen molar-refractivity contribution in [3.05, 3.63) is 17.8 Å². The molecule has 1 aliphatic carbocycles. The first-order valence-electron chi connectivity index (χ1n) is 3.82. The first-order valence-corrected chi connectivity index (χ1v) is 4.35. The van der Waals surface area contributed by atoms with Crippen LogP contribution in [-0.4, -0.2) is 4.98 Å². The van der Waals surface area contributed by atoms with Gasteiger partial charge in [-0.25, -0.2) is 4.98 Å². The molecule has 0 amide bonds. The Morgan fingerprint density at radius 2 is 2.55 bits per heavy atom. The summed E-state index contributed by atoms with van der Waals surface area (Å²) >= 11 is 5.57. The van der Waals surface area contributed by atoms with Crippen LogP contribution in [-0.2, 0) is 5.88 Å². The van der Waals surface area contributed by atoms with Gasteiger partial charge in [-0.05, 0) is 12.3 Å². The molecule has 1 saturated carbocycles. The van der Waals surface area contributed by atoms with E-state index in [2.05, 4.69) is 11.9 Å². The number of hydrogen-bond donors (Lipinski definition) is 0. The maximum Gasteiger partial charge on any atom is 0.197 e. The molecule has 0 saturated heterocycles. The van der Waals surface area contributed by atoms with Gasteiger partial charge in [0.05, 0.1) is 12.1 Å². The number of alkyl halides is 1. The molecule has 60 valence electrons. The van der Waals surface area contributed by atoms with E-state index in [0.29, 0.717) is 11.8 Å². The first kappa shape index (κ1) is 7.17. The van der Waals surface area contributed by atoms with Gasteiger partial charge in [0.25, 0.3) is 0 Å². The van der Waals surface area contributed by atoms with Gasteiger partial charge in [-0.3, -0.25) is 0 Å². The Hall–Kier alpha value is -0.500. The Labute approximate surface area is 70.6 Å². The maximum atomic E-state index is 5.57. The standard InChI is InChI=1S/C8H10ClNO/c1-5-2-7(5)8-10-4-6(3-9)11-8/h4-5,7H,2-3H2,1H3/t5-,7-/m0/s1. The Morgan fingerprint density at radius 3 is 3.00 bits per heavy atom. The van der Waals surface area contributed by atoms with Gasteiger partial charge in [0, 0.05) is 5.92 Å². The smallest absolute Gasteiger partial charge is 0.197 e. The van der Waals surface area contributed by atoms with Crippen LogP contribution in [0.15, 0.2) is 10.6 Å². The zero-order valence-electron chi connectivity index (χ0n) is 6.38. The van der Waals surface area contributed by atoms with Crippen LogP contribution in [0.5, 0.6) is 0 Å². The van der Waals surface area contributed by atoms with E-state index in [1.54, 1.807) is 6.20 Å². The largest absolute Gasteiger partial charge is 0.444 e. The minimum absolute atomic E-state index is 0.425. The van der Waals surface area contributed by atoms with E-state index in [9.17, 15) is 0 Å². The second-order valence-corrected chi connectivity index (χ2v) is 3.39. The molecule has 1 aliphatic rings. The molecule has 0 spiro atoms. The number of oxazole rings is 1. The van der Waals surface area contributed by atoms with E-state index in [0.717, 1.165) is 17.6 Å². The van der Waals surface area contributed by atoms with Gasteiger partial charge in [-0.1, -0.05) is 6.92 Å². The lowest BCUT2D eigenvalue weighted by Crippen LogP contribution is -1.78. The van der Waals surface area contributed by atoms with Crippen molar-refractivity contribution < 1.29 is 4.42 Å². The van der Waals surface area contributed by atoms with Gasteiger partial charge in [0.2, 0.25) is 0 Å². The van der Waals surface area contributed by atoms with E-state index in [-0.39, 0.29) is 0 Å². The molecule has 2 atom stereocenters. The van der Waals surface area contributed by atoms with Crippen LogP contribution in [0.2, 0.25) is 0 Å². The fourth-order valence-electron chi connectivity index (χ4n) is 1.22. The summed E-state index contributed by atoms with van der Waals surface area (Å²) < 4.78 is 5.38. The predicted octanol–water partition coefficient (Wildman–Crippen LogP) is 2.54. The highest BCUT2D eigenvalue weighted by atomic mass is 35.5. The zero-order valence-corrected chi connectivity index (χ0v) is 7.14. The summed E-state index contributed by atoms with van der Waals surface area (Å²) in [6.07, 6.45) is 2.93. The van der Waals surface area contributed by atoms with Crippen LogP contribution in [0.4, 0.5) is 0 Å². The third-order valence-corrected chi connectivity index (χ3v) is 2.39. The Balaban J connectivity index is 2.13. The Bertz CT molecular complexity index is 258. The lowest BCUT2D eigenvalue weighted by molar-refractivity contribution is 0.464. The van der Waals surface area contributed by atoms with Crippen molar-refractivity contribution in [3.8, 4) is 0 Å². The molecule has 11 heavy (non-hydrogen) atoms. The van der Waals surface area contributed by atoms with Gasteiger partial charge in [-0.2, -0.15) is 0 Å². The summed E-state index contributed by atoms with van der Waals surface area (Å²) in [5.41, 5.74) is 0.